The molecule has 24 heteroatoms. The molecule has 126 heavy (non-hydrogen) atoms. The minimum Gasteiger partial charge on any atom is -0.497 e. The van der Waals surface area contributed by atoms with Crippen LogP contribution in [0, 0.1) is 5.82 Å². The van der Waals surface area contributed by atoms with Crippen LogP contribution in [0.3, 0.4) is 0 Å². The lowest BCUT2D eigenvalue weighted by molar-refractivity contribution is -0.115. The van der Waals surface area contributed by atoms with Gasteiger partial charge in [-0.3, -0.25) is 38.1 Å². The van der Waals surface area contributed by atoms with Crippen molar-refractivity contribution in [3.05, 3.63) is 364 Å². The van der Waals surface area contributed by atoms with Gasteiger partial charge >= 0.3 is 0 Å². The van der Waals surface area contributed by atoms with E-state index in [1.807, 2.05) is 160 Å². The van der Waals surface area contributed by atoms with Gasteiger partial charge in [0.05, 0.1) is 39.4 Å². The molecule has 0 radical (unpaired) electrons. The summed E-state index contributed by atoms with van der Waals surface area (Å²) in [6.45, 7) is 6.68. The van der Waals surface area contributed by atoms with Crippen molar-refractivity contribution in [2.45, 2.75) is 103 Å². The van der Waals surface area contributed by atoms with Crippen LogP contribution in [0.4, 0.5) is 4.39 Å². The standard InChI is InChI=1S/C27H25NO4S.C26H23NO4S.C25H21NO4S.C24H18FNO3S/c1-17(2)31-20-10-6-18(7-11-20)22-4-3-5-24-23(22)14-15-25(24)32-21-12-8-19(9-13-21)26-16-27(29)28-33(26)30;1-2-30-20-6-3-5-18(15-20)21-7-4-8-23-22(21)13-14-24(23)31-19-11-9-17(10-12-19)25-16-26(28)27-32(25)29;1-29-19-5-2-4-17(14-19)20-6-3-7-22-21(20)12-13-23(22)30-18-10-8-16(9-11-18)24-15-25(27)26-31(24)28;25-17-4-1-3-16(13-17)19-5-2-6-21-20(19)11-12-22(21)29-18-9-7-15(8-10-18)23-14-24(27)26-30(23)28/h3-13,16-17,25H,14-15H2,1-2H3,(H,28,29);3-12,15-16,24H,2,13-14H2,1H3,(H,27,28);2-11,14-15,23H,12-13H2,1H3,(H,26,27);1-10,13-14,22H,11-12H2,(H,26,27)/t25-,33?;24-,32?;23-,31?;22-,30?/m1111/s1. The van der Waals surface area contributed by atoms with Crippen LogP contribution in [0.25, 0.3) is 64.1 Å². The Morgan fingerprint density at radius 2 is 0.603 bits per heavy atom. The SMILES string of the molecule is CC(C)Oc1ccc(-c2cccc3c2CC[C@H]3Oc2ccc(C3=CC(=O)NS3=O)cc2)cc1.CCOc1cccc(-c2cccc3c2CC[C@H]3Oc2ccc(C3=CC(=O)NS3=O)cc2)c1.COc1cccc(-c2cccc3c2CC[C@H]3Oc2ccc(C3=CC(=O)NS3=O)cc2)c1.O=C1C=C(c2ccc(O[C@@H]3CCc4c(-c5cccc(F)c5)cccc43)cc2)S(=O)N1. The molecule has 0 bridgehead atoms. The summed E-state index contributed by atoms with van der Waals surface area (Å²) in [6, 6.07) is 85.9. The van der Waals surface area contributed by atoms with Crippen molar-refractivity contribution in [3.63, 3.8) is 0 Å². The lowest BCUT2D eigenvalue weighted by Gasteiger charge is -2.16. The average molecular weight is 1760 g/mol. The van der Waals surface area contributed by atoms with Gasteiger partial charge in [0, 0.05) is 24.3 Å². The maximum Gasteiger partial charge on any atom is 0.257 e. The smallest absolute Gasteiger partial charge is 0.257 e. The average Bonchev–Trinajstić information content (AvgIpc) is 1.64. The third-order valence-electron chi connectivity index (χ3n) is 22.7. The first kappa shape index (κ1) is 84.8. The molecule has 12 aromatic rings. The Morgan fingerprint density at radius 3 is 0.897 bits per heavy atom. The number of amides is 4. The Hall–Kier alpha value is -13.4. The first-order chi connectivity index (χ1) is 61.3. The molecule has 0 saturated heterocycles. The summed E-state index contributed by atoms with van der Waals surface area (Å²) >= 11 is 0. The molecule has 19 nitrogen and oxygen atoms in total. The van der Waals surface area contributed by atoms with Gasteiger partial charge in [0.25, 0.3) is 23.6 Å². The number of ether oxygens (including phenoxy) is 7. The van der Waals surface area contributed by atoms with E-state index in [2.05, 4.69) is 116 Å². The second-order valence-corrected chi connectivity index (χ2v) is 35.8. The van der Waals surface area contributed by atoms with Crippen molar-refractivity contribution in [2.75, 3.05) is 13.7 Å². The molecule has 0 spiro atoms. The fourth-order valence-corrected chi connectivity index (χ4v) is 20.7. The zero-order valence-corrected chi connectivity index (χ0v) is 72.4. The van der Waals surface area contributed by atoms with Gasteiger partial charge in [-0.2, -0.15) is 0 Å². The molecule has 8 aliphatic rings. The van der Waals surface area contributed by atoms with Crippen LogP contribution >= 0.6 is 0 Å². The van der Waals surface area contributed by atoms with Crippen molar-refractivity contribution in [1.82, 2.24) is 18.9 Å². The minimum absolute atomic E-state index is 0.0163. The molecule has 0 saturated carbocycles. The lowest BCUT2D eigenvalue weighted by atomic mass is 9.96. The summed E-state index contributed by atoms with van der Waals surface area (Å²) in [7, 11) is -4.31. The van der Waals surface area contributed by atoms with E-state index in [9.17, 15) is 40.4 Å². The van der Waals surface area contributed by atoms with Crippen LogP contribution < -0.4 is 52.0 Å². The molecular formula is C102H87FN4O15S4. The van der Waals surface area contributed by atoms with Gasteiger partial charge in [-0.25, -0.2) is 21.2 Å². The number of rotatable bonds is 21. The van der Waals surface area contributed by atoms with Crippen LogP contribution in [0.15, 0.2) is 291 Å². The molecule has 4 amide bonds. The number of carbonyl (C=O) groups is 4. The normalized spacial score (nSPS) is 19.5. The molecule has 12 aromatic carbocycles. The molecule has 4 unspecified atom stereocenters. The van der Waals surface area contributed by atoms with Crippen LogP contribution in [-0.2, 0) is 88.8 Å². The number of hydrogen-bond acceptors (Lipinski definition) is 15. The van der Waals surface area contributed by atoms with Crippen molar-refractivity contribution in [1.29, 1.82) is 0 Å². The van der Waals surface area contributed by atoms with E-state index >= 15 is 0 Å². The maximum atomic E-state index is 13.7. The Bertz CT molecular complexity index is 6450. The number of fused-ring (bicyclic) bond motifs is 4. The van der Waals surface area contributed by atoms with Gasteiger partial charge in [-0.05, 0) is 280 Å². The predicted octanol–water partition coefficient (Wildman–Crippen LogP) is 19.6. The highest BCUT2D eigenvalue weighted by molar-refractivity contribution is 7.94. The molecular weight excluding hydrogens is 1670 g/mol. The van der Waals surface area contributed by atoms with E-state index in [0.29, 0.717) is 32.0 Å². The largest absolute Gasteiger partial charge is 0.497 e. The summed E-state index contributed by atoms with van der Waals surface area (Å²) in [6.07, 6.45) is 12.8. The van der Waals surface area contributed by atoms with Crippen LogP contribution in [-0.4, -0.2) is 60.3 Å². The van der Waals surface area contributed by atoms with Crippen molar-refractivity contribution in [2.24, 2.45) is 0 Å². The Balaban J connectivity index is 0.000000119. The second-order valence-electron chi connectivity index (χ2n) is 31.0. The van der Waals surface area contributed by atoms with E-state index in [-0.39, 0.29) is 60.0 Å². The number of methoxy groups -OCH3 is 1. The van der Waals surface area contributed by atoms with Crippen molar-refractivity contribution >= 4 is 87.2 Å². The van der Waals surface area contributed by atoms with Gasteiger partial charge in [0.1, 0.15) is 70.5 Å². The molecule has 4 heterocycles. The maximum absolute atomic E-state index is 13.7. The number of nitrogens with one attached hydrogen (secondary N) is 4. The van der Waals surface area contributed by atoms with Gasteiger partial charge in [-0.15, -0.1) is 0 Å². The van der Waals surface area contributed by atoms with Gasteiger partial charge in [-0.1, -0.05) is 170 Å². The topological polar surface area (TPSA) is 249 Å². The molecule has 4 aliphatic carbocycles. The third kappa shape index (κ3) is 19.1. The van der Waals surface area contributed by atoms with E-state index in [4.69, 9.17) is 33.2 Å². The zero-order valence-electron chi connectivity index (χ0n) is 69.1. The summed E-state index contributed by atoms with van der Waals surface area (Å²) in [4.78, 5) is 47.6. The number of carbonyl (C=O) groups excluding carboxylic acids is 4. The van der Waals surface area contributed by atoms with Crippen molar-refractivity contribution in [3.8, 4) is 84.8 Å². The van der Waals surface area contributed by atoms with Crippen LogP contribution in [0.1, 0.15) is 138 Å². The highest BCUT2D eigenvalue weighted by Gasteiger charge is 2.33. The molecule has 20 rings (SSSR count). The summed E-state index contributed by atoms with van der Waals surface area (Å²) in [5.41, 5.74) is 21.9. The van der Waals surface area contributed by atoms with E-state index in [0.717, 1.165) is 136 Å². The highest BCUT2D eigenvalue weighted by Crippen LogP contribution is 2.47. The fourth-order valence-electron chi connectivity index (χ4n) is 17.0. The molecule has 4 N–H and O–H groups in total. The second kappa shape index (κ2) is 38.0. The van der Waals surface area contributed by atoms with Gasteiger partial charge in [0.15, 0.2) is 43.9 Å². The zero-order chi connectivity index (χ0) is 87.1. The van der Waals surface area contributed by atoms with E-state index in [1.54, 1.807) is 31.4 Å². The monoisotopic (exact) mass is 1750 g/mol. The summed E-state index contributed by atoms with van der Waals surface area (Å²) < 4.78 is 113. The van der Waals surface area contributed by atoms with Crippen LogP contribution in [0.2, 0.25) is 0 Å². The van der Waals surface area contributed by atoms with E-state index in [1.165, 1.54) is 91.6 Å². The third-order valence-corrected chi connectivity index (χ3v) is 27.2. The highest BCUT2D eigenvalue weighted by atomic mass is 32.2. The first-order valence-corrected chi connectivity index (χ1v) is 46.1. The van der Waals surface area contributed by atoms with Crippen molar-refractivity contribution < 1.29 is 73.6 Å². The summed E-state index contributed by atoms with van der Waals surface area (Å²) in [5.74, 6) is 3.97. The first-order valence-electron chi connectivity index (χ1n) is 41.5. The molecule has 0 aromatic heterocycles. The fraction of sp³-hybridized carbons (Fsp3) is 0.176. The minimum atomic E-state index is -1.51. The molecule has 636 valence electrons. The molecule has 0 fully saturated rings. The molecule has 4 aliphatic heterocycles. The van der Waals surface area contributed by atoms with Gasteiger partial charge in [0.2, 0.25) is 0 Å². The molecule has 8 atom stereocenters. The van der Waals surface area contributed by atoms with E-state index < -0.39 is 43.9 Å². The summed E-state index contributed by atoms with van der Waals surface area (Å²) in [5, 5.41) is 0. The number of halogens is 1. The Labute approximate surface area is 739 Å². The quantitative estimate of drug-likeness (QED) is 0.0522. The number of benzene rings is 12. The predicted molar refractivity (Wildman–Crippen MR) is 491 cm³/mol. The Kier molecular flexibility index (Phi) is 25.6. The van der Waals surface area contributed by atoms with Gasteiger partial charge < -0.3 is 33.2 Å². The number of hydrogen-bond donors (Lipinski definition) is 4. The lowest BCUT2D eigenvalue weighted by Crippen LogP contribution is -2.16. The van der Waals surface area contributed by atoms with Crippen LogP contribution in [0.5, 0.6) is 40.2 Å². The Morgan fingerprint density at radius 1 is 0.325 bits per heavy atom.